The molecule has 0 saturated carbocycles. The second-order valence-electron chi connectivity index (χ2n) is 13.6. The number of hydrogen-bond acceptors (Lipinski definition) is 4. The van der Waals surface area contributed by atoms with Crippen LogP contribution in [0.15, 0.2) is 158 Å². The topological polar surface area (TPSA) is 83.2 Å². The zero-order valence-corrected chi connectivity index (χ0v) is 31.8. The standard InChI is InChI=1S/C48H34Cl2N6/c49-45-26-40(38-7-3-1-4-8-38)20-21-41(45)32-56-43(24-34-13-17-36(28-52)18-14-34)30-54-48(56)47-53-29-42(23-33-11-15-35(27-51)16-12-33)55(47)31-37-19-22-44(46(50)25-37)39-9-5-2-6-10-39/h1-22,25-26,29-30H,23-24,31-32H2. The van der Waals surface area contributed by atoms with E-state index in [0.717, 1.165) is 55.9 Å². The second-order valence-corrected chi connectivity index (χ2v) is 14.5. The van der Waals surface area contributed by atoms with Crippen LogP contribution in [0.1, 0.15) is 44.8 Å². The van der Waals surface area contributed by atoms with Crippen LogP contribution in [0.25, 0.3) is 33.9 Å². The molecule has 0 unspecified atom stereocenters. The number of rotatable bonds is 11. The van der Waals surface area contributed by atoms with E-state index in [1.165, 1.54) is 0 Å². The van der Waals surface area contributed by atoms with Crippen LogP contribution in [0.5, 0.6) is 0 Å². The molecule has 0 aliphatic rings. The Hall–Kier alpha value is -6.70. The summed E-state index contributed by atoms with van der Waals surface area (Å²) in [4.78, 5) is 10.1. The van der Waals surface area contributed by atoms with Gasteiger partial charge in [-0.1, -0.05) is 132 Å². The fourth-order valence-electron chi connectivity index (χ4n) is 6.97. The van der Waals surface area contributed by atoms with Gasteiger partial charge in [0.05, 0.1) is 29.8 Å². The molecule has 6 aromatic carbocycles. The first kappa shape index (κ1) is 36.3. The SMILES string of the molecule is N#Cc1ccc(Cc2cnc(-c3ncc(Cc4ccc(C#N)cc4)n3Cc3ccc(-c4ccccc4)cc3Cl)n2Cc2ccc(-c3ccccc3)c(Cl)c2)cc1. The van der Waals surface area contributed by atoms with Gasteiger partial charge in [-0.3, -0.25) is 0 Å². The van der Waals surface area contributed by atoms with Crippen LogP contribution in [-0.2, 0) is 25.9 Å². The Morgan fingerprint density at radius 2 is 1.00 bits per heavy atom. The molecule has 0 aliphatic carbocycles. The van der Waals surface area contributed by atoms with Crippen LogP contribution in [0, 0.1) is 22.7 Å². The quantitative estimate of drug-likeness (QED) is 0.131. The minimum Gasteiger partial charge on any atom is -0.321 e. The van der Waals surface area contributed by atoms with Crippen molar-refractivity contribution in [1.29, 1.82) is 10.5 Å². The number of benzene rings is 6. The highest BCUT2D eigenvalue weighted by Crippen LogP contribution is 2.32. The zero-order chi connectivity index (χ0) is 38.4. The molecule has 6 nitrogen and oxygen atoms in total. The van der Waals surface area contributed by atoms with Crippen molar-refractivity contribution >= 4 is 23.2 Å². The molecule has 0 N–H and O–H groups in total. The van der Waals surface area contributed by atoms with Gasteiger partial charge in [0, 0.05) is 58.8 Å². The van der Waals surface area contributed by atoms with Crippen LogP contribution >= 0.6 is 23.2 Å². The Morgan fingerprint density at radius 3 is 1.52 bits per heavy atom. The highest BCUT2D eigenvalue weighted by atomic mass is 35.5. The van der Waals surface area contributed by atoms with E-state index >= 15 is 0 Å². The third-order valence-corrected chi connectivity index (χ3v) is 10.6. The summed E-state index contributed by atoms with van der Waals surface area (Å²) in [5.74, 6) is 1.41. The third kappa shape index (κ3) is 7.90. The fourth-order valence-corrected chi connectivity index (χ4v) is 7.53. The van der Waals surface area contributed by atoms with Gasteiger partial charge in [-0.25, -0.2) is 9.97 Å². The highest BCUT2D eigenvalue weighted by Gasteiger charge is 2.22. The summed E-state index contributed by atoms with van der Waals surface area (Å²) in [5.41, 5.74) is 11.4. The van der Waals surface area contributed by atoms with Gasteiger partial charge in [0.1, 0.15) is 0 Å². The van der Waals surface area contributed by atoms with E-state index < -0.39 is 0 Å². The Labute approximate surface area is 336 Å². The maximum atomic E-state index is 9.40. The maximum absolute atomic E-state index is 9.40. The second kappa shape index (κ2) is 16.3. The van der Waals surface area contributed by atoms with Gasteiger partial charge >= 0.3 is 0 Å². The van der Waals surface area contributed by atoms with E-state index in [1.807, 2.05) is 109 Å². The van der Waals surface area contributed by atoms with E-state index in [0.29, 0.717) is 58.8 Å². The lowest BCUT2D eigenvalue weighted by Crippen LogP contribution is -2.12. The molecule has 8 rings (SSSR count). The number of nitriles is 2. The molecule has 0 saturated heterocycles. The molecule has 270 valence electrons. The Kier molecular flexibility index (Phi) is 10.6. The summed E-state index contributed by atoms with van der Waals surface area (Å²) in [6.45, 7) is 0.963. The van der Waals surface area contributed by atoms with Gasteiger partial charge in [0.2, 0.25) is 0 Å². The molecule has 2 heterocycles. The predicted molar refractivity (Wildman–Crippen MR) is 223 cm³/mol. The molecule has 0 spiro atoms. The number of aromatic nitrogens is 4. The summed E-state index contributed by atoms with van der Waals surface area (Å²) < 4.78 is 4.40. The number of halogens is 2. The fraction of sp³-hybridized carbons (Fsp3) is 0.0833. The van der Waals surface area contributed by atoms with Crippen LogP contribution in [-0.4, -0.2) is 19.1 Å². The van der Waals surface area contributed by atoms with E-state index in [9.17, 15) is 10.5 Å². The van der Waals surface area contributed by atoms with Crippen molar-refractivity contribution in [3.63, 3.8) is 0 Å². The Balaban J connectivity index is 1.22. The summed E-state index contributed by atoms with van der Waals surface area (Å²) in [6, 6.07) is 52.5. The average Bonchev–Trinajstić information content (AvgIpc) is 3.81. The highest BCUT2D eigenvalue weighted by molar-refractivity contribution is 6.33. The van der Waals surface area contributed by atoms with E-state index in [2.05, 4.69) is 69.8 Å². The molecule has 0 fully saturated rings. The Bertz CT molecular complexity index is 2720. The lowest BCUT2D eigenvalue weighted by molar-refractivity contribution is 0.722. The minimum absolute atomic E-state index is 0.463. The molecule has 0 amide bonds. The number of nitrogens with zero attached hydrogens (tertiary/aromatic N) is 6. The first-order valence-corrected chi connectivity index (χ1v) is 19.0. The molecule has 8 heteroatoms. The summed E-state index contributed by atoms with van der Waals surface area (Å²) in [5, 5.41) is 20.1. The normalized spacial score (nSPS) is 10.9. The minimum atomic E-state index is 0.463. The predicted octanol–water partition coefficient (Wildman–Crippen LogP) is 11.4. The van der Waals surface area contributed by atoms with E-state index in [4.69, 9.17) is 33.2 Å². The lowest BCUT2D eigenvalue weighted by Gasteiger charge is -2.17. The zero-order valence-electron chi connectivity index (χ0n) is 30.3. The van der Waals surface area contributed by atoms with Crippen molar-refractivity contribution in [3.05, 3.63) is 213 Å². The van der Waals surface area contributed by atoms with Gasteiger partial charge in [-0.15, -0.1) is 0 Å². The number of imidazole rings is 2. The molecule has 0 bridgehead atoms. The Morgan fingerprint density at radius 1 is 0.482 bits per heavy atom. The van der Waals surface area contributed by atoms with Crippen LogP contribution in [0.3, 0.4) is 0 Å². The maximum Gasteiger partial charge on any atom is 0.176 e. The molecular weight excluding hydrogens is 731 g/mol. The first-order chi connectivity index (χ1) is 27.4. The molecule has 0 aliphatic heterocycles. The van der Waals surface area contributed by atoms with Gasteiger partial charge < -0.3 is 9.13 Å². The molecule has 56 heavy (non-hydrogen) atoms. The third-order valence-electron chi connectivity index (χ3n) is 9.96. The molecule has 2 aromatic heterocycles. The van der Waals surface area contributed by atoms with Crippen LogP contribution in [0.4, 0.5) is 0 Å². The molecule has 8 aromatic rings. The van der Waals surface area contributed by atoms with Gasteiger partial charge in [0.25, 0.3) is 0 Å². The van der Waals surface area contributed by atoms with Crippen LogP contribution in [0.2, 0.25) is 10.0 Å². The molecule has 0 radical (unpaired) electrons. The van der Waals surface area contributed by atoms with E-state index in [-0.39, 0.29) is 0 Å². The van der Waals surface area contributed by atoms with E-state index in [1.54, 1.807) is 0 Å². The first-order valence-electron chi connectivity index (χ1n) is 18.2. The largest absolute Gasteiger partial charge is 0.321 e. The van der Waals surface area contributed by atoms with Crippen molar-refractivity contribution in [1.82, 2.24) is 19.1 Å². The molecular formula is C48H34Cl2N6. The van der Waals surface area contributed by atoms with Crippen LogP contribution < -0.4 is 0 Å². The van der Waals surface area contributed by atoms with Crippen molar-refractivity contribution in [2.24, 2.45) is 0 Å². The molecule has 0 atom stereocenters. The van der Waals surface area contributed by atoms with Gasteiger partial charge in [0.15, 0.2) is 11.6 Å². The lowest BCUT2D eigenvalue weighted by atomic mass is 10.0. The van der Waals surface area contributed by atoms with Crippen molar-refractivity contribution in [3.8, 4) is 46.0 Å². The van der Waals surface area contributed by atoms with Crippen molar-refractivity contribution in [2.75, 3.05) is 0 Å². The van der Waals surface area contributed by atoms with Gasteiger partial charge in [-0.2, -0.15) is 10.5 Å². The summed E-state index contributed by atoms with van der Waals surface area (Å²) >= 11 is 14.0. The monoisotopic (exact) mass is 764 g/mol. The van der Waals surface area contributed by atoms with Crippen molar-refractivity contribution in [2.45, 2.75) is 25.9 Å². The summed E-state index contributed by atoms with van der Waals surface area (Å²) in [6.07, 6.45) is 5.01. The smallest absolute Gasteiger partial charge is 0.176 e. The van der Waals surface area contributed by atoms with Crippen molar-refractivity contribution < 1.29 is 0 Å². The number of hydrogen-bond donors (Lipinski definition) is 0. The summed E-state index contributed by atoms with van der Waals surface area (Å²) in [7, 11) is 0. The average molecular weight is 766 g/mol. The van der Waals surface area contributed by atoms with Gasteiger partial charge in [-0.05, 0) is 75.3 Å².